The number of carbonyl (C=O) groups is 1. The van der Waals surface area contributed by atoms with Gasteiger partial charge in [-0.2, -0.15) is 0 Å². The third kappa shape index (κ3) is 4.89. The van der Waals surface area contributed by atoms with Crippen molar-refractivity contribution in [3.8, 4) is 0 Å². The van der Waals surface area contributed by atoms with Crippen LogP contribution >= 0.6 is 0 Å². The van der Waals surface area contributed by atoms with Crippen LogP contribution in [0.2, 0.25) is 0 Å². The molecule has 0 fully saturated rings. The molecule has 88 valence electrons. The molecule has 1 aromatic heterocycles. The van der Waals surface area contributed by atoms with E-state index in [1.165, 1.54) is 6.20 Å². The summed E-state index contributed by atoms with van der Waals surface area (Å²) >= 11 is 0. The highest BCUT2D eigenvalue weighted by atomic mass is 16.5. The highest BCUT2D eigenvalue weighted by molar-refractivity contribution is 5.88. The van der Waals surface area contributed by atoms with Crippen molar-refractivity contribution in [1.29, 1.82) is 0 Å². The Morgan fingerprint density at radius 2 is 2.12 bits per heavy atom. The molecule has 1 N–H and O–H groups in total. The van der Waals surface area contributed by atoms with E-state index in [9.17, 15) is 4.79 Å². The monoisotopic (exact) mass is 223 g/mol. The molecule has 0 aliphatic rings. The Hall–Kier alpha value is -1.42. The Balaban J connectivity index is 2.12. The lowest BCUT2D eigenvalue weighted by molar-refractivity contribution is 0.0496. The average Bonchev–Trinajstić information content (AvgIpc) is 2.34. The first-order chi connectivity index (χ1) is 7.84. The maximum absolute atomic E-state index is 11.4. The molecule has 0 unspecified atom stereocenters. The summed E-state index contributed by atoms with van der Waals surface area (Å²) in [6, 6.07) is 3.39. The van der Waals surface area contributed by atoms with Gasteiger partial charge >= 0.3 is 5.97 Å². The first-order valence-electron chi connectivity index (χ1n) is 5.52. The van der Waals surface area contributed by atoms with E-state index in [1.807, 2.05) is 0 Å². The van der Waals surface area contributed by atoms with Gasteiger partial charge in [-0.05, 0) is 31.4 Å². The van der Waals surface area contributed by atoms with Crippen LogP contribution in [0.4, 0.5) is 0 Å². The molecular formula is C12H17NO3. The number of esters is 1. The van der Waals surface area contributed by atoms with E-state index in [1.54, 1.807) is 18.3 Å². The topological polar surface area (TPSA) is 59.4 Å². The van der Waals surface area contributed by atoms with Gasteiger partial charge in [0.25, 0.3) is 0 Å². The second-order valence-corrected chi connectivity index (χ2v) is 3.52. The van der Waals surface area contributed by atoms with Crippen molar-refractivity contribution in [3.05, 3.63) is 30.1 Å². The zero-order chi connectivity index (χ0) is 11.6. The molecule has 1 heterocycles. The normalized spacial score (nSPS) is 10.1. The first-order valence-corrected chi connectivity index (χ1v) is 5.52. The van der Waals surface area contributed by atoms with E-state index in [-0.39, 0.29) is 12.6 Å². The highest BCUT2D eigenvalue weighted by Crippen LogP contribution is 2.02. The summed E-state index contributed by atoms with van der Waals surface area (Å²) in [5.74, 6) is -0.324. The van der Waals surface area contributed by atoms with Crippen molar-refractivity contribution in [1.82, 2.24) is 4.98 Å². The van der Waals surface area contributed by atoms with Gasteiger partial charge in [0, 0.05) is 19.0 Å². The van der Waals surface area contributed by atoms with Gasteiger partial charge < -0.3 is 9.84 Å². The minimum absolute atomic E-state index is 0.232. The van der Waals surface area contributed by atoms with Gasteiger partial charge in [-0.15, -0.1) is 0 Å². The Labute approximate surface area is 95.3 Å². The number of hydrogen-bond donors (Lipinski definition) is 1. The van der Waals surface area contributed by atoms with Gasteiger partial charge in [0.1, 0.15) is 0 Å². The number of rotatable bonds is 7. The van der Waals surface area contributed by atoms with Gasteiger partial charge in [0.05, 0.1) is 12.2 Å². The zero-order valence-corrected chi connectivity index (χ0v) is 9.26. The Bertz CT molecular complexity index is 300. The molecule has 0 saturated carbocycles. The quantitative estimate of drug-likeness (QED) is 0.565. The summed E-state index contributed by atoms with van der Waals surface area (Å²) in [4.78, 5) is 15.3. The number of aliphatic hydroxyl groups excluding tert-OH is 1. The van der Waals surface area contributed by atoms with Crippen LogP contribution in [0.15, 0.2) is 24.5 Å². The van der Waals surface area contributed by atoms with E-state index in [2.05, 4.69) is 4.98 Å². The molecule has 0 radical (unpaired) electrons. The molecule has 4 nitrogen and oxygen atoms in total. The van der Waals surface area contributed by atoms with E-state index < -0.39 is 0 Å². The Kier molecular flexibility index (Phi) is 6.18. The number of hydrogen-bond acceptors (Lipinski definition) is 4. The fraction of sp³-hybridized carbons (Fsp3) is 0.500. The van der Waals surface area contributed by atoms with Crippen molar-refractivity contribution in [2.45, 2.75) is 25.7 Å². The smallest absolute Gasteiger partial charge is 0.339 e. The molecule has 1 rings (SSSR count). The summed E-state index contributed by atoms with van der Waals surface area (Å²) < 4.78 is 5.07. The summed E-state index contributed by atoms with van der Waals surface area (Å²) in [5.41, 5.74) is 0.484. The maximum atomic E-state index is 11.4. The van der Waals surface area contributed by atoms with Crippen LogP contribution in [0.25, 0.3) is 0 Å². The second-order valence-electron chi connectivity index (χ2n) is 3.52. The molecule has 0 atom stereocenters. The Morgan fingerprint density at radius 1 is 1.31 bits per heavy atom. The fourth-order valence-electron chi connectivity index (χ4n) is 1.30. The average molecular weight is 223 g/mol. The number of pyridine rings is 1. The molecule has 0 aliphatic heterocycles. The predicted molar refractivity (Wildman–Crippen MR) is 60.1 cm³/mol. The molecule has 1 aromatic rings. The van der Waals surface area contributed by atoms with Crippen LogP contribution in [0.5, 0.6) is 0 Å². The third-order valence-electron chi connectivity index (χ3n) is 2.18. The number of aliphatic hydroxyl groups is 1. The van der Waals surface area contributed by atoms with E-state index in [4.69, 9.17) is 9.84 Å². The van der Waals surface area contributed by atoms with Crippen LogP contribution in [-0.2, 0) is 4.74 Å². The predicted octanol–water partition coefficient (Wildman–Crippen LogP) is 1.79. The second kappa shape index (κ2) is 7.82. The van der Waals surface area contributed by atoms with Crippen molar-refractivity contribution in [2.24, 2.45) is 0 Å². The van der Waals surface area contributed by atoms with Crippen molar-refractivity contribution in [3.63, 3.8) is 0 Å². The summed E-state index contributed by atoms with van der Waals surface area (Å²) in [6.45, 7) is 0.661. The van der Waals surface area contributed by atoms with Crippen LogP contribution in [-0.4, -0.2) is 29.3 Å². The fourth-order valence-corrected chi connectivity index (χ4v) is 1.30. The molecule has 16 heavy (non-hydrogen) atoms. The molecule has 0 saturated heterocycles. The SMILES string of the molecule is O=C(OCCCCCCO)c1cccnc1. The molecule has 0 spiro atoms. The van der Waals surface area contributed by atoms with Crippen LogP contribution in [0.3, 0.4) is 0 Å². The van der Waals surface area contributed by atoms with Gasteiger partial charge in [-0.1, -0.05) is 6.42 Å². The number of unbranched alkanes of at least 4 members (excludes halogenated alkanes) is 3. The highest BCUT2D eigenvalue weighted by Gasteiger charge is 2.05. The summed E-state index contributed by atoms with van der Waals surface area (Å²) in [6.07, 6.45) is 6.71. The largest absolute Gasteiger partial charge is 0.462 e. The van der Waals surface area contributed by atoms with Gasteiger partial charge in [-0.25, -0.2) is 4.79 Å². The van der Waals surface area contributed by atoms with Crippen molar-refractivity contribution in [2.75, 3.05) is 13.2 Å². The zero-order valence-electron chi connectivity index (χ0n) is 9.26. The van der Waals surface area contributed by atoms with Crippen LogP contribution < -0.4 is 0 Å². The number of aromatic nitrogens is 1. The standard InChI is InChI=1S/C12H17NO3/c14-8-3-1-2-4-9-16-12(15)11-6-5-7-13-10-11/h5-7,10,14H,1-4,8-9H2. The third-order valence-corrected chi connectivity index (χ3v) is 2.18. The Morgan fingerprint density at radius 3 is 2.81 bits per heavy atom. The number of carbonyl (C=O) groups excluding carboxylic acids is 1. The van der Waals surface area contributed by atoms with Crippen molar-refractivity contribution >= 4 is 5.97 Å². The lowest BCUT2D eigenvalue weighted by Crippen LogP contribution is -2.06. The van der Waals surface area contributed by atoms with Gasteiger partial charge in [0.2, 0.25) is 0 Å². The first kappa shape index (κ1) is 12.6. The lowest BCUT2D eigenvalue weighted by Gasteiger charge is -2.03. The van der Waals surface area contributed by atoms with Gasteiger partial charge in [-0.3, -0.25) is 4.98 Å². The molecular weight excluding hydrogens is 206 g/mol. The number of nitrogens with zero attached hydrogens (tertiary/aromatic N) is 1. The van der Waals surface area contributed by atoms with E-state index >= 15 is 0 Å². The maximum Gasteiger partial charge on any atom is 0.339 e. The molecule has 0 bridgehead atoms. The number of ether oxygens (including phenoxy) is 1. The van der Waals surface area contributed by atoms with Gasteiger partial charge in [0.15, 0.2) is 0 Å². The molecule has 0 aromatic carbocycles. The molecule has 0 aliphatic carbocycles. The minimum atomic E-state index is -0.324. The van der Waals surface area contributed by atoms with E-state index in [0.717, 1.165) is 25.7 Å². The minimum Gasteiger partial charge on any atom is -0.462 e. The molecule has 4 heteroatoms. The van der Waals surface area contributed by atoms with Crippen LogP contribution in [0, 0.1) is 0 Å². The van der Waals surface area contributed by atoms with E-state index in [0.29, 0.717) is 12.2 Å². The lowest BCUT2D eigenvalue weighted by atomic mass is 10.2. The summed E-state index contributed by atoms with van der Waals surface area (Å²) in [7, 11) is 0. The van der Waals surface area contributed by atoms with Crippen molar-refractivity contribution < 1.29 is 14.6 Å². The molecule has 0 amide bonds. The van der Waals surface area contributed by atoms with Crippen LogP contribution in [0.1, 0.15) is 36.0 Å². The summed E-state index contributed by atoms with van der Waals surface area (Å²) in [5, 5.41) is 8.57.